The van der Waals surface area contributed by atoms with Gasteiger partial charge in [-0.2, -0.15) is 0 Å². The molecule has 0 unspecified atom stereocenters. The molecule has 0 aliphatic heterocycles. The molecule has 110 valence electrons. The molecular weight excluding hydrogens is 360 g/mol. The van der Waals surface area contributed by atoms with E-state index in [2.05, 4.69) is 31.0 Å². The average molecular weight is 371 g/mol. The highest BCUT2D eigenvalue weighted by Gasteiger charge is 2.15. The van der Waals surface area contributed by atoms with Gasteiger partial charge in [0.1, 0.15) is 0 Å². The molecular formula is C13H11BrN2O4S. The molecule has 0 bridgehead atoms. The van der Waals surface area contributed by atoms with Crippen molar-refractivity contribution in [1.29, 1.82) is 0 Å². The van der Waals surface area contributed by atoms with Crippen LogP contribution in [0.15, 0.2) is 33.6 Å². The molecule has 2 aromatic heterocycles. The highest BCUT2D eigenvalue weighted by Crippen LogP contribution is 2.21. The summed E-state index contributed by atoms with van der Waals surface area (Å²) in [7, 11) is 1.29. The van der Waals surface area contributed by atoms with Gasteiger partial charge in [0, 0.05) is 27.5 Å². The average Bonchev–Trinajstić information content (AvgIpc) is 2.94. The predicted octanol–water partition coefficient (Wildman–Crippen LogP) is 2.71. The fraction of sp³-hybridized carbons (Fsp3) is 0.154. The number of nitrogens with zero attached hydrogens (tertiary/aromatic N) is 1. The van der Waals surface area contributed by atoms with Crippen LogP contribution in [0.3, 0.4) is 0 Å². The van der Waals surface area contributed by atoms with E-state index in [0.29, 0.717) is 17.1 Å². The highest BCUT2D eigenvalue weighted by atomic mass is 79.9. The van der Waals surface area contributed by atoms with E-state index in [1.807, 2.05) is 0 Å². The third-order valence-corrected chi connectivity index (χ3v) is 3.61. The number of methoxy groups -OCH3 is 1. The van der Waals surface area contributed by atoms with Gasteiger partial charge in [-0.05, 0) is 22.0 Å². The zero-order valence-corrected chi connectivity index (χ0v) is 13.4. The van der Waals surface area contributed by atoms with Crippen molar-refractivity contribution >= 4 is 44.8 Å². The lowest BCUT2D eigenvalue weighted by molar-refractivity contribution is -0.118. The molecule has 8 heteroatoms. The Balaban J connectivity index is 1.92. The number of anilines is 1. The van der Waals surface area contributed by atoms with Crippen LogP contribution in [0, 0.1) is 0 Å². The van der Waals surface area contributed by atoms with Gasteiger partial charge in [-0.15, -0.1) is 11.3 Å². The van der Waals surface area contributed by atoms with Gasteiger partial charge in [0.15, 0.2) is 6.61 Å². The second-order valence-electron chi connectivity index (χ2n) is 3.84. The molecule has 0 radical (unpaired) electrons. The quantitative estimate of drug-likeness (QED) is 0.818. The van der Waals surface area contributed by atoms with Crippen molar-refractivity contribution < 1.29 is 19.1 Å². The van der Waals surface area contributed by atoms with Crippen molar-refractivity contribution in [2.75, 3.05) is 19.0 Å². The minimum Gasteiger partial charge on any atom is -0.468 e. The molecule has 0 fully saturated rings. The number of rotatable bonds is 5. The Bertz CT molecular complexity index is 642. The lowest BCUT2D eigenvalue weighted by Gasteiger charge is -2.07. The van der Waals surface area contributed by atoms with Crippen molar-refractivity contribution in [2.24, 2.45) is 0 Å². The van der Waals surface area contributed by atoms with E-state index in [1.54, 1.807) is 29.1 Å². The maximum Gasteiger partial charge on any atom is 0.340 e. The second-order valence-corrected chi connectivity index (χ2v) is 5.50. The minimum absolute atomic E-state index is 0.203. The smallest absolute Gasteiger partial charge is 0.340 e. The Morgan fingerprint density at radius 3 is 2.86 bits per heavy atom. The van der Waals surface area contributed by atoms with Crippen LogP contribution < -0.4 is 10.1 Å². The third kappa shape index (κ3) is 4.27. The van der Waals surface area contributed by atoms with Gasteiger partial charge < -0.3 is 14.8 Å². The normalized spacial score (nSPS) is 10.0. The number of carbonyl (C=O) groups excluding carboxylic acids is 2. The van der Waals surface area contributed by atoms with Crippen molar-refractivity contribution in [3.05, 3.63) is 39.1 Å². The molecule has 6 nitrogen and oxygen atoms in total. The van der Waals surface area contributed by atoms with E-state index >= 15 is 0 Å². The molecule has 1 amide bonds. The number of halogens is 1. The summed E-state index contributed by atoms with van der Waals surface area (Å²) in [6, 6.07) is 3.40. The van der Waals surface area contributed by atoms with Gasteiger partial charge in [-0.1, -0.05) is 0 Å². The zero-order valence-electron chi connectivity index (χ0n) is 11.0. The number of carbonyl (C=O) groups is 2. The second kappa shape index (κ2) is 7.19. The van der Waals surface area contributed by atoms with Crippen molar-refractivity contribution in [3.8, 4) is 5.88 Å². The summed E-state index contributed by atoms with van der Waals surface area (Å²) in [5.74, 6) is -0.544. The van der Waals surface area contributed by atoms with Gasteiger partial charge >= 0.3 is 5.97 Å². The van der Waals surface area contributed by atoms with Gasteiger partial charge in [0.2, 0.25) is 5.88 Å². The first kappa shape index (κ1) is 15.5. The monoisotopic (exact) mass is 370 g/mol. The van der Waals surface area contributed by atoms with Crippen LogP contribution in [0.5, 0.6) is 5.88 Å². The van der Waals surface area contributed by atoms with Crippen molar-refractivity contribution in [3.63, 3.8) is 0 Å². The van der Waals surface area contributed by atoms with E-state index in [4.69, 9.17) is 4.74 Å². The molecule has 0 saturated heterocycles. The topological polar surface area (TPSA) is 77.5 Å². The van der Waals surface area contributed by atoms with E-state index < -0.39 is 5.97 Å². The lowest BCUT2D eigenvalue weighted by atomic mass is 10.3. The summed E-state index contributed by atoms with van der Waals surface area (Å²) >= 11 is 4.55. The molecule has 0 spiro atoms. The number of thiophene rings is 1. The van der Waals surface area contributed by atoms with E-state index in [9.17, 15) is 9.59 Å². The van der Waals surface area contributed by atoms with Gasteiger partial charge in [-0.25, -0.2) is 9.78 Å². The fourth-order valence-electron chi connectivity index (χ4n) is 1.44. The first-order chi connectivity index (χ1) is 10.1. The van der Waals surface area contributed by atoms with Crippen LogP contribution in [0.2, 0.25) is 0 Å². The molecule has 0 atom stereocenters. The van der Waals surface area contributed by atoms with Gasteiger partial charge in [0.05, 0.1) is 18.4 Å². The maximum absolute atomic E-state index is 11.8. The van der Waals surface area contributed by atoms with Gasteiger partial charge in [0.25, 0.3) is 5.91 Å². The van der Waals surface area contributed by atoms with Crippen LogP contribution in [0.4, 0.5) is 5.69 Å². The lowest BCUT2D eigenvalue weighted by Crippen LogP contribution is -2.21. The summed E-state index contributed by atoms with van der Waals surface area (Å²) in [6.07, 6.45) is 1.57. The molecule has 2 heterocycles. The van der Waals surface area contributed by atoms with Crippen molar-refractivity contribution in [2.45, 2.75) is 0 Å². The van der Waals surface area contributed by atoms with Gasteiger partial charge in [-0.3, -0.25) is 4.79 Å². The molecule has 2 aromatic rings. The summed E-state index contributed by atoms with van der Waals surface area (Å²) in [6.45, 7) is -0.203. The summed E-state index contributed by atoms with van der Waals surface area (Å²) in [4.78, 5) is 27.3. The van der Waals surface area contributed by atoms with Crippen molar-refractivity contribution in [1.82, 2.24) is 4.98 Å². The summed E-state index contributed by atoms with van der Waals surface area (Å²) in [5.41, 5.74) is 0.724. The SMILES string of the molecule is COC(=O)c1cscc1NC(=O)COc1ccc(Br)cn1. The number of esters is 1. The molecule has 21 heavy (non-hydrogen) atoms. The molecule has 2 rings (SSSR count). The van der Waals surface area contributed by atoms with Crippen LogP contribution in [-0.4, -0.2) is 30.6 Å². The predicted molar refractivity (Wildman–Crippen MR) is 81.7 cm³/mol. The number of hydrogen-bond donors (Lipinski definition) is 1. The van der Waals surface area contributed by atoms with Crippen LogP contribution in [0.25, 0.3) is 0 Å². The molecule has 1 N–H and O–H groups in total. The van der Waals surface area contributed by atoms with Crippen LogP contribution >= 0.6 is 27.3 Å². The largest absolute Gasteiger partial charge is 0.468 e. The fourth-order valence-corrected chi connectivity index (χ4v) is 2.42. The first-order valence-electron chi connectivity index (χ1n) is 5.79. The number of aromatic nitrogens is 1. The third-order valence-electron chi connectivity index (χ3n) is 2.39. The Morgan fingerprint density at radius 2 is 2.19 bits per heavy atom. The number of amides is 1. The molecule has 0 aromatic carbocycles. The Kier molecular flexibility index (Phi) is 5.29. The Morgan fingerprint density at radius 1 is 1.38 bits per heavy atom. The highest BCUT2D eigenvalue weighted by molar-refractivity contribution is 9.10. The van der Waals surface area contributed by atoms with E-state index in [0.717, 1.165) is 4.47 Å². The maximum atomic E-state index is 11.8. The minimum atomic E-state index is -0.498. The van der Waals surface area contributed by atoms with Crippen LogP contribution in [-0.2, 0) is 9.53 Å². The standard InChI is InChI=1S/C13H11BrN2O4S/c1-19-13(18)9-6-21-7-10(9)16-11(17)5-20-12-3-2-8(14)4-15-12/h2-4,6-7H,5H2,1H3,(H,16,17). The number of pyridine rings is 1. The number of hydrogen-bond acceptors (Lipinski definition) is 6. The molecule has 0 aliphatic carbocycles. The van der Waals surface area contributed by atoms with E-state index in [1.165, 1.54) is 18.4 Å². The van der Waals surface area contributed by atoms with E-state index in [-0.39, 0.29) is 12.5 Å². The number of nitrogens with one attached hydrogen (secondary N) is 1. The summed E-state index contributed by atoms with van der Waals surface area (Å²) in [5, 5.41) is 5.86. The molecule has 0 saturated carbocycles. The zero-order chi connectivity index (χ0) is 15.2. The summed E-state index contributed by atoms with van der Waals surface area (Å²) < 4.78 is 10.7. The first-order valence-corrected chi connectivity index (χ1v) is 7.52. The Labute approximate surface area is 133 Å². The number of ether oxygens (including phenoxy) is 2. The Hall–Kier alpha value is -1.93. The molecule has 0 aliphatic rings. The van der Waals surface area contributed by atoms with Crippen LogP contribution in [0.1, 0.15) is 10.4 Å².